The maximum atomic E-state index is 12.4. The predicted octanol–water partition coefficient (Wildman–Crippen LogP) is 2.14. The molecular weight excluding hydrogens is 344 g/mol. The minimum Gasteiger partial charge on any atom is -0.497 e. The average Bonchev–Trinajstić information content (AvgIpc) is 2.72. The third kappa shape index (κ3) is 5.39. The number of hydrogen-bond donors (Lipinski definition) is 1. The molecule has 6 nitrogen and oxygen atoms in total. The van der Waals surface area contributed by atoms with Crippen LogP contribution in [0.4, 0.5) is 0 Å². The number of benzene rings is 2. The Morgan fingerprint density at radius 3 is 2.59 bits per heavy atom. The molecule has 1 heterocycles. The Morgan fingerprint density at radius 2 is 1.81 bits per heavy atom. The summed E-state index contributed by atoms with van der Waals surface area (Å²) in [6.07, 6.45) is 0. The zero-order chi connectivity index (χ0) is 19.1. The normalized spacial score (nSPS) is 14.6. The van der Waals surface area contributed by atoms with Crippen LogP contribution in [0.2, 0.25) is 0 Å². The second-order valence-corrected chi connectivity index (χ2v) is 6.43. The SMILES string of the molecule is COc1cccc(C(=O)CNC(=O)c2cccc(CN3CCOCC3)c2)c1. The first kappa shape index (κ1) is 19.1. The fourth-order valence-electron chi connectivity index (χ4n) is 2.99. The van der Waals surface area contributed by atoms with Crippen LogP contribution in [-0.2, 0) is 11.3 Å². The lowest BCUT2D eigenvalue weighted by molar-refractivity contribution is 0.0342. The summed E-state index contributed by atoms with van der Waals surface area (Å²) in [5, 5.41) is 2.70. The molecule has 0 spiro atoms. The van der Waals surface area contributed by atoms with Gasteiger partial charge in [-0.15, -0.1) is 0 Å². The summed E-state index contributed by atoms with van der Waals surface area (Å²) in [7, 11) is 1.55. The van der Waals surface area contributed by atoms with Gasteiger partial charge in [-0.25, -0.2) is 0 Å². The molecule has 1 saturated heterocycles. The number of morpholine rings is 1. The first-order chi connectivity index (χ1) is 13.2. The number of methoxy groups -OCH3 is 1. The van der Waals surface area contributed by atoms with Gasteiger partial charge in [0.15, 0.2) is 5.78 Å². The molecule has 0 unspecified atom stereocenters. The van der Waals surface area contributed by atoms with Crippen molar-refractivity contribution in [2.24, 2.45) is 0 Å². The molecule has 1 fully saturated rings. The standard InChI is InChI=1S/C21H24N2O4/c1-26-19-7-3-5-17(13-19)20(24)14-22-21(25)18-6-2-4-16(12-18)15-23-8-10-27-11-9-23/h2-7,12-13H,8-11,14-15H2,1H3,(H,22,25). The summed E-state index contributed by atoms with van der Waals surface area (Å²) in [6, 6.07) is 14.4. The number of Topliss-reactive ketones (excluding diaryl/α,β-unsaturated/α-hetero) is 1. The Labute approximate surface area is 159 Å². The maximum absolute atomic E-state index is 12.4. The van der Waals surface area contributed by atoms with E-state index in [0.717, 1.165) is 38.4 Å². The number of ketones is 1. The summed E-state index contributed by atoms with van der Waals surface area (Å²) < 4.78 is 10.5. The van der Waals surface area contributed by atoms with Crippen LogP contribution in [0, 0.1) is 0 Å². The number of rotatable bonds is 7. The molecule has 1 aliphatic rings. The van der Waals surface area contributed by atoms with Crippen LogP contribution in [-0.4, -0.2) is 56.5 Å². The molecule has 0 radical (unpaired) electrons. The van der Waals surface area contributed by atoms with Gasteiger partial charge in [-0.3, -0.25) is 14.5 Å². The summed E-state index contributed by atoms with van der Waals surface area (Å²) >= 11 is 0. The van der Waals surface area contributed by atoms with Gasteiger partial charge in [-0.05, 0) is 29.8 Å². The molecule has 1 aliphatic heterocycles. The van der Waals surface area contributed by atoms with Crippen molar-refractivity contribution in [3.05, 3.63) is 65.2 Å². The fourth-order valence-corrected chi connectivity index (χ4v) is 2.99. The molecular formula is C21H24N2O4. The molecule has 2 aromatic rings. The quantitative estimate of drug-likeness (QED) is 0.759. The van der Waals surface area contributed by atoms with E-state index < -0.39 is 0 Å². The largest absolute Gasteiger partial charge is 0.497 e. The smallest absolute Gasteiger partial charge is 0.251 e. The van der Waals surface area contributed by atoms with Gasteiger partial charge in [-0.1, -0.05) is 24.3 Å². The van der Waals surface area contributed by atoms with Crippen LogP contribution in [0.3, 0.4) is 0 Å². The van der Waals surface area contributed by atoms with Crippen molar-refractivity contribution in [2.45, 2.75) is 6.54 Å². The zero-order valence-electron chi connectivity index (χ0n) is 15.4. The number of nitrogens with zero attached hydrogens (tertiary/aromatic N) is 1. The minimum atomic E-state index is -0.255. The van der Waals surface area contributed by atoms with Crippen LogP contribution in [0.5, 0.6) is 5.75 Å². The summed E-state index contributed by atoms with van der Waals surface area (Å²) in [5.74, 6) is 0.199. The Bertz CT molecular complexity index is 800. The zero-order valence-corrected chi connectivity index (χ0v) is 15.4. The molecule has 142 valence electrons. The molecule has 3 rings (SSSR count). The second-order valence-electron chi connectivity index (χ2n) is 6.43. The molecule has 27 heavy (non-hydrogen) atoms. The van der Waals surface area contributed by atoms with E-state index in [2.05, 4.69) is 10.2 Å². The van der Waals surface area contributed by atoms with Gasteiger partial charge < -0.3 is 14.8 Å². The van der Waals surface area contributed by atoms with Gasteiger partial charge in [0.05, 0.1) is 26.9 Å². The molecule has 0 atom stereocenters. The lowest BCUT2D eigenvalue weighted by Gasteiger charge is -2.26. The highest BCUT2D eigenvalue weighted by atomic mass is 16.5. The number of carbonyl (C=O) groups is 2. The van der Waals surface area contributed by atoms with E-state index in [0.29, 0.717) is 16.9 Å². The van der Waals surface area contributed by atoms with Crippen molar-refractivity contribution in [2.75, 3.05) is 40.0 Å². The van der Waals surface area contributed by atoms with Crippen molar-refractivity contribution in [3.63, 3.8) is 0 Å². The van der Waals surface area contributed by atoms with Crippen molar-refractivity contribution >= 4 is 11.7 Å². The number of nitrogens with one attached hydrogen (secondary N) is 1. The van der Waals surface area contributed by atoms with E-state index in [1.807, 2.05) is 18.2 Å². The minimum absolute atomic E-state index is 0.0559. The Morgan fingerprint density at radius 1 is 1.07 bits per heavy atom. The third-order valence-electron chi connectivity index (χ3n) is 4.50. The van der Waals surface area contributed by atoms with E-state index in [9.17, 15) is 9.59 Å². The molecule has 1 amide bonds. The highest BCUT2D eigenvalue weighted by Crippen LogP contribution is 2.13. The highest BCUT2D eigenvalue weighted by molar-refractivity contribution is 6.02. The van der Waals surface area contributed by atoms with E-state index in [1.54, 1.807) is 37.4 Å². The van der Waals surface area contributed by atoms with E-state index >= 15 is 0 Å². The van der Waals surface area contributed by atoms with Crippen molar-refractivity contribution in [1.82, 2.24) is 10.2 Å². The molecule has 1 N–H and O–H groups in total. The number of hydrogen-bond acceptors (Lipinski definition) is 5. The Kier molecular flexibility index (Phi) is 6.57. The van der Waals surface area contributed by atoms with Crippen molar-refractivity contribution in [1.29, 1.82) is 0 Å². The topological polar surface area (TPSA) is 67.9 Å². The first-order valence-electron chi connectivity index (χ1n) is 9.00. The van der Waals surface area contributed by atoms with Gasteiger partial charge in [0, 0.05) is 30.8 Å². The van der Waals surface area contributed by atoms with Gasteiger partial charge in [0.25, 0.3) is 5.91 Å². The van der Waals surface area contributed by atoms with E-state index in [1.165, 1.54) is 0 Å². The van der Waals surface area contributed by atoms with Crippen molar-refractivity contribution in [3.8, 4) is 5.75 Å². The predicted molar refractivity (Wildman–Crippen MR) is 102 cm³/mol. The molecule has 0 aliphatic carbocycles. The Balaban J connectivity index is 1.57. The third-order valence-corrected chi connectivity index (χ3v) is 4.50. The van der Waals surface area contributed by atoms with Crippen LogP contribution in [0.25, 0.3) is 0 Å². The average molecular weight is 368 g/mol. The lowest BCUT2D eigenvalue weighted by Crippen LogP contribution is -2.35. The van der Waals surface area contributed by atoms with Crippen molar-refractivity contribution < 1.29 is 19.1 Å². The van der Waals surface area contributed by atoms with Gasteiger partial charge in [-0.2, -0.15) is 0 Å². The molecule has 6 heteroatoms. The Hall–Kier alpha value is -2.70. The van der Waals surface area contributed by atoms with Crippen LogP contribution in [0.15, 0.2) is 48.5 Å². The molecule has 0 saturated carbocycles. The summed E-state index contributed by atoms with van der Waals surface area (Å²) in [4.78, 5) is 27.0. The number of carbonyl (C=O) groups excluding carboxylic acids is 2. The highest BCUT2D eigenvalue weighted by Gasteiger charge is 2.13. The van der Waals surface area contributed by atoms with Gasteiger partial charge in [0.2, 0.25) is 0 Å². The molecule has 2 aromatic carbocycles. The van der Waals surface area contributed by atoms with Gasteiger partial charge >= 0.3 is 0 Å². The second kappa shape index (κ2) is 9.30. The monoisotopic (exact) mass is 368 g/mol. The fraction of sp³-hybridized carbons (Fsp3) is 0.333. The summed E-state index contributed by atoms with van der Waals surface area (Å²) in [6.45, 7) is 4.00. The molecule has 0 bridgehead atoms. The van der Waals surface area contributed by atoms with E-state index in [4.69, 9.17) is 9.47 Å². The van der Waals surface area contributed by atoms with E-state index in [-0.39, 0.29) is 18.2 Å². The number of amides is 1. The number of ether oxygens (including phenoxy) is 2. The van der Waals surface area contributed by atoms with Crippen LogP contribution in [0.1, 0.15) is 26.3 Å². The lowest BCUT2D eigenvalue weighted by atomic mass is 10.1. The summed E-state index contributed by atoms with van der Waals surface area (Å²) in [5.41, 5.74) is 2.14. The maximum Gasteiger partial charge on any atom is 0.251 e. The molecule has 0 aromatic heterocycles. The van der Waals surface area contributed by atoms with Gasteiger partial charge in [0.1, 0.15) is 5.75 Å². The van der Waals surface area contributed by atoms with Crippen LogP contribution >= 0.6 is 0 Å². The van der Waals surface area contributed by atoms with Crippen LogP contribution < -0.4 is 10.1 Å². The first-order valence-corrected chi connectivity index (χ1v) is 9.00.